The monoisotopic (exact) mass is 407 g/mol. The van der Waals surface area contributed by atoms with Gasteiger partial charge in [-0.05, 0) is 24.8 Å². The molecule has 0 saturated heterocycles. The second-order valence-corrected chi connectivity index (χ2v) is 7.71. The minimum Gasteiger partial charge on any atom is -0.726 e. The third-order valence-electron chi connectivity index (χ3n) is 3.69. The van der Waals surface area contributed by atoms with Crippen LogP contribution >= 0.6 is 23.4 Å². The molecule has 6 nitrogen and oxygen atoms in total. The predicted molar refractivity (Wildman–Crippen MR) is 99.7 cm³/mol. The molecule has 0 spiro atoms. The van der Waals surface area contributed by atoms with Crippen LogP contribution in [0.1, 0.15) is 31.7 Å². The van der Waals surface area contributed by atoms with E-state index >= 15 is 0 Å². The van der Waals surface area contributed by atoms with Crippen LogP contribution in [-0.4, -0.2) is 48.3 Å². The van der Waals surface area contributed by atoms with Crippen LogP contribution in [0.5, 0.6) is 0 Å². The molecule has 0 bridgehead atoms. The summed E-state index contributed by atoms with van der Waals surface area (Å²) in [6.45, 7) is 2.70. The Morgan fingerprint density at radius 3 is 2.56 bits per heavy atom. The Labute approximate surface area is 158 Å². The number of halogens is 1. The fourth-order valence-corrected chi connectivity index (χ4v) is 3.31. The average Bonchev–Trinajstić information content (AvgIpc) is 2.58. The van der Waals surface area contributed by atoms with Gasteiger partial charge in [-0.15, -0.1) is 0 Å². The first-order valence-electron chi connectivity index (χ1n) is 7.70. The Balaban J connectivity index is 0.000000450. The van der Waals surface area contributed by atoms with Gasteiger partial charge in [0.1, 0.15) is 5.78 Å². The third kappa shape index (κ3) is 7.45. The largest absolute Gasteiger partial charge is 0.726 e. The quantitative estimate of drug-likeness (QED) is 0.423. The van der Waals surface area contributed by atoms with Crippen LogP contribution < -0.4 is 0 Å². The van der Waals surface area contributed by atoms with Crippen LogP contribution in [0.4, 0.5) is 5.69 Å². The van der Waals surface area contributed by atoms with Crippen molar-refractivity contribution >= 4 is 50.3 Å². The van der Waals surface area contributed by atoms with E-state index in [4.69, 9.17) is 11.6 Å². The van der Waals surface area contributed by atoms with Gasteiger partial charge in [0, 0.05) is 29.5 Å². The van der Waals surface area contributed by atoms with Gasteiger partial charge < -0.3 is 4.55 Å². The summed E-state index contributed by atoms with van der Waals surface area (Å²) in [4.78, 5) is 11.6. The van der Waals surface area contributed by atoms with Crippen molar-refractivity contribution in [2.75, 3.05) is 19.9 Å². The molecule has 1 aliphatic rings. The standard InChI is InChI=1S/C15H19ClNOS.CH4O4S/c1-3-13(18)8-9-17-14-6-5-12(16)10-11(14)4-7-15(17)19-2;1-5-6(2,3)4/h5-6,10H,3-4,7-9H2,1-2H3;1H3,(H,2,3,4)/q+1;/p-1. The number of carbonyl (C=O) groups is 1. The van der Waals surface area contributed by atoms with Gasteiger partial charge in [-0.2, -0.15) is 4.58 Å². The van der Waals surface area contributed by atoms with E-state index in [0.717, 1.165) is 31.5 Å². The number of rotatable bonds is 5. The summed E-state index contributed by atoms with van der Waals surface area (Å²) in [6, 6.07) is 6.05. The average molecular weight is 408 g/mol. The summed E-state index contributed by atoms with van der Waals surface area (Å²) in [7, 11) is -3.60. The fraction of sp³-hybridized carbons (Fsp3) is 0.500. The number of Topliss-reactive ketones (excluding diaryl/α,β-unsaturated/α-hetero) is 1. The van der Waals surface area contributed by atoms with E-state index in [1.807, 2.05) is 19.1 Å². The topological polar surface area (TPSA) is 86.5 Å². The first-order valence-corrected chi connectivity index (χ1v) is 10.6. The van der Waals surface area contributed by atoms with Gasteiger partial charge in [0.25, 0.3) is 0 Å². The summed E-state index contributed by atoms with van der Waals surface area (Å²) < 4.78 is 33.3. The highest BCUT2D eigenvalue weighted by Crippen LogP contribution is 2.30. The van der Waals surface area contributed by atoms with Crippen LogP contribution in [0.25, 0.3) is 0 Å². The highest BCUT2D eigenvalue weighted by Gasteiger charge is 2.26. The predicted octanol–water partition coefficient (Wildman–Crippen LogP) is 3.15. The first-order chi connectivity index (χ1) is 11.7. The molecule has 1 aromatic carbocycles. The van der Waals surface area contributed by atoms with Gasteiger partial charge in [0.05, 0.1) is 13.5 Å². The zero-order valence-electron chi connectivity index (χ0n) is 14.5. The Morgan fingerprint density at radius 2 is 2.04 bits per heavy atom. The number of ketones is 1. The number of hydrogen-bond donors (Lipinski definition) is 0. The van der Waals surface area contributed by atoms with E-state index in [2.05, 4.69) is 21.1 Å². The van der Waals surface area contributed by atoms with Crippen molar-refractivity contribution in [1.82, 2.24) is 0 Å². The summed E-state index contributed by atoms with van der Waals surface area (Å²) in [6.07, 6.45) is 5.41. The van der Waals surface area contributed by atoms with E-state index in [1.54, 1.807) is 11.8 Å². The lowest BCUT2D eigenvalue weighted by Gasteiger charge is -2.16. The summed E-state index contributed by atoms with van der Waals surface area (Å²) >= 11 is 7.84. The maximum atomic E-state index is 11.6. The Bertz CT molecular complexity index is 747. The number of fused-ring (bicyclic) bond motifs is 1. The van der Waals surface area contributed by atoms with Gasteiger partial charge in [0.15, 0.2) is 6.54 Å². The lowest BCUT2D eigenvalue weighted by molar-refractivity contribution is -0.440. The molecule has 0 aromatic heterocycles. The van der Waals surface area contributed by atoms with Crippen LogP contribution in [0.2, 0.25) is 5.02 Å². The molecule has 9 heteroatoms. The lowest BCUT2D eigenvalue weighted by atomic mass is 10.0. The SMILES string of the molecule is CCC(=O)CC[N+]1=C(SC)CCc2cc(Cl)ccc21.COS(=O)(=O)[O-]. The third-order valence-corrected chi connectivity index (χ3v) is 5.23. The van der Waals surface area contributed by atoms with Crippen molar-refractivity contribution in [3.63, 3.8) is 0 Å². The molecular weight excluding hydrogens is 386 g/mol. The molecule has 2 rings (SSSR count). The van der Waals surface area contributed by atoms with Crippen molar-refractivity contribution in [3.05, 3.63) is 28.8 Å². The fourth-order valence-electron chi connectivity index (χ4n) is 2.40. The minimum atomic E-state index is -4.41. The molecule has 0 atom stereocenters. The highest BCUT2D eigenvalue weighted by atomic mass is 35.5. The van der Waals surface area contributed by atoms with E-state index in [1.165, 1.54) is 16.3 Å². The zero-order valence-corrected chi connectivity index (χ0v) is 16.8. The molecule has 0 N–H and O–H groups in total. The minimum absolute atomic E-state index is 0.321. The van der Waals surface area contributed by atoms with Crippen molar-refractivity contribution < 1.29 is 26.5 Å². The number of nitrogens with zero attached hydrogens (tertiary/aromatic N) is 1. The molecule has 0 saturated carbocycles. The van der Waals surface area contributed by atoms with Gasteiger partial charge in [-0.25, -0.2) is 8.42 Å². The second kappa shape index (κ2) is 10.3. The first kappa shape index (κ1) is 22.1. The van der Waals surface area contributed by atoms with Crippen LogP contribution in [0.15, 0.2) is 18.2 Å². The Hall–Kier alpha value is -0.930. The molecule has 1 heterocycles. The highest BCUT2D eigenvalue weighted by molar-refractivity contribution is 8.13. The van der Waals surface area contributed by atoms with Gasteiger partial charge in [0.2, 0.25) is 21.1 Å². The van der Waals surface area contributed by atoms with Gasteiger partial charge in [-0.1, -0.05) is 30.3 Å². The summed E-state index contributed by atoms with van der Waals surface area (Å²) in [5, 5.41) is 2.13. The van der Waals surface area contributed by atoms with Crippen LogP contribution in [0, 0.1) is 0 Å². The second-order valence-electron chi connectivity index (χ2n) is 5.24. The summed E-state index contributed by atoms with van der Waals surface area (Å²) in [5.41, 5.74) is 2.50. The molecule has 0 amide bonds. The number of hydrogen-bond acceptors (Lipinski definition) is 6. The molecule has 0 radical (unpaired) electrons. The maximum Gasteiger partial charge on any atom is 0.217 e. The van der Waals surface area contributed by atoms with E-state index in [-0.39, 0.29) is 0 Å². The van der Waals surface area contributed by atoms with Crippen molar-refractivity contribution in [2.24, 2.45) is 0 Å². The number of benzene rings is 1. The van der Waals surface area contributed by atoms with E-state index in [0.29, 0.717) is 18.6 Å². The van der Waals surface area contributed by atoms with Gasteiger partial charge in [-0.3, -0.25) is 8.98 Å². The molecule has 1 aromatic rings. The normalized spacial score (nSPS) is 13.8. The molecule has 25 heavy (non-hydrogen) atoms. The van der Waals surface area contributed by atoms with Crippen LogP contribution in [0.3, 0.4) is 0 Å². The van der Waals surface area contributed by atoms with Crippen molar-refractivity contribution in [2.45, 2.75) is 32.6 Å². The number of aryl methyl sites for hydroxylation is 1. The van der Waals surface area contributed by atoms with Crippen molar-refractivity contribution in [3.8, 4) is 0 Å². The summed E-state index contributed by atoms with van der Waals surface area (Å²) in [5.74, 6) is 0.321. The maximum absolute atomic E-state index is 11.6. The molecule has 0 aliphatic carbocycles. The number of thioether (sulfide) groups is 1. The van der Waals surface area contributed by atoms with E-state index in [9.17, 15) is 17.8 Å². The zero-order chi connectivity index (χ0) is 19.0. The molecule has 1 aliphatic heterocycles. The van der Waals surface area contributed by atoms with E-state index < -0.39 is 10.4 Å². The molecule has 0 unspecified atom stereocenters. The Morgan fingerprint density at radius 1 is 1.40 bits per heavy atom. The Kier molecular flexibility index (Phi) is 9.09. The molecule has 140 valence electrons. The smallest absolute Gasteiger partial charge is 0.217 e. The van der Waals surface area contributed by atoms with Crippen molar-refractivity contribution in [1.29, 1.82) is 0 Å². The van der Waals surface area contributed by atoms with Crippen LogP contribution in [-0.2, 0) is 25.8 Å². The van der Waals surface area contributed by atoms with Gasteiger partial charge >= 0.3 is 0 Å². The lowest BCUT2D eigenvalue weighted by Crippen LogP contribution is -2.23. The molecule has 0 fully saturated rings. The number of carbonyl (C=O) groups excluding carboxylic acids is 1. The molecular formula is C16H22ClNO5S2.